The maximum Gasteiger partial charge on any atom is 0.104 e. The smallest absolute Gasteiger partial charge is 0.104 e. The summed E-state index contributed by atoms with van der Waals surface area (Å²) < 4.78 is 15.1. The third kappa shape index (κ3) is 11.6. The highest BCUT2D eigenvalue weighted by Crippen LogP contribution is 2.12. The van der Waals surface area contributed by atoms with Gasteiger partial charge in [-0.2, -0.15) is 0 Å². The second-order valence-electron chi connectivity index (χ2n) is 3.48. The minimum absolute atomic E-state index is 0.139. The molecule has 16 heavy (non-hydrogen) atoms. The zero-order valence-corrected chi connectivity index (χ0v) is 9.80. The zero-order chi connectivity index (χ0) is 12.4. The summed E-state index contributed by atoms with van der Waals surface area (Å²) in [5.74, 6) is 0. The Morgan fingerprint density at radius 2 is 1.56 bits per heavy atom. The van der Waals surface area contributed by atoms with E-state index in [4.69, 9.17) is 24.4 Å². The third-order valence-corrected chi connectivity index (χ3v) is 1.68. The molecule has 0 aromatic rings. The summed E-state index contributed by atoms with van der Waals surface area (Å²) in [6, 6.07) is 0. The Morgan fingerprint density at radius 1 is 1.25 bits per heavy atom. The monoisotopic (exact) mass is 234 g/mol. The van der Waals surface area contributed by atoms with Crippen LogP contribution >= 0.6 is 0 Å². The molecule has 0 aliphatic carbocycles. The van der Waals surface area contributed by atoms with Crippen LogP contribution in [0.2, 0.25) is 0 Å². The largest absolute Gasteiger partial charge is 0.394 e. The van der Waals surface area contributed by atoms with E-state index < -0.39 is 6.10 Å². The van der Waals surface area contributed by atoms with Crippen molar-refractivity contribution < 1.29 is 24.4 Å². The Balaban J connectivity index is 0.000000280. The van der Waals surface area contributed by atoms with Crippen molar-refractivity contribution in [2.24, 2.45) is 0 Å². The van der Waals surface area contributed by atoms with Crippen molar-refractivity contribution in [3.63, 3.8) is 0 Å². The first-order valence-corrected chi connectivity index (χ1v) is 5.32. The van der Waals surface area contributed by atoms with Gasteiger partial charge in [-0.25, -0.2) is 0 Å². The highest BCUT2D eigenvalue weighted by atomic mass is 16.6. The van der Waals surface area contributed by atoms with Crippen LogP contribution in [0.1, 0.15) is 6.92 Å². The van der Waals surface area contributed by atoms with Crippen molar-refractivity contribution in [2.45, 2.75) is 25.2 Å². The van der Waals surface area contributed by atoms with Gasteiger partial charge in [0.15, 0.2) is 0 Å². The topological polar surface area (TPSA) is 74.8 Å². The van der Waals surface area contributed by atoms with Gasteiger partial charge in [0.2, 0.25) is 0 Å². The van der Waals surface area contributed by atoms with Crippen LogP contribution in [0.15, 0.2) is 13.2 Å². The molecule has 0 radical (unpaired) electrons. The van der Waals surface area contributed by atoms with Gasteiger partial charge in [0.1, 0.15) is 12.2 Å². The molecule has 2 N–H and O–H groups in total. The van der Waals surface area contributed by atoms with Crippen molar-refractivity contribution in [1.82, 2.24) is 0 Å². The molecule has 0 spiro atoms. The van der Waals surface area contributed by atoms with Crippen LogP contribution in [-0.2, 0) is 14.2 Å². The normalized spacial score (nSPS) is 26.7. The van der Waals surface area contributed by atoms with Gasteiger partial charge in [0.25, 0.3) is 0 Å². The molecule has 3 atom stereocenters. The standard InChI is InChI=1S/C6H10O3.C3H8O2.C2H4/c1(5-3-8-5)7-2-6-4-9-6;1-3(5)2-4;1-2/h5-6H,1-4H2;3-5H,2H2,1H3;1-2H2. The highest BCUT2D eigenvalue weighted by molar-refractivity contribution is 4.71. The number of ether oxygens (including phenoxy) is 3. The number of hydrogen-bond acceptors (Lipinski definition) is 5. The average Bonchev–Trinajstić information content (AvgIpc) is 3.16. The number of hydrogen-bond donors (Lipinski definition) is 2. The summed E-state index contributed by atoms with van der Waals surface area (Å²) >= 11 is 0. The van der Waals surface area contributed by atoms with E-state index in [2.05, 4.69) is 13.2 Å². The Hall–Kier alpha value is -0.460. The van der Waals surface area contributed by atoms with Gasteiger partial charge in [-0.15, -0.1) is 13.2 Å². The van der Waals surface area contributed by atoms with Gasteiger partial charge in [0.05, 0.1) is 39.1 Å². The Morgan fingerprint density at radius 3 is 1.75 bits per heavy atom. The second-order valence-corrected chi connectivity index (χ2v) is 3.48. The van der Waals surface area contributed by atoms with Crippen molar-refractivity contribution >= 4 is 0 Å². The van der Waals surface area contributed by atoms with Crippen LogP contribution in [0, 0.1) is 0 Å². The van der Waals surface area contributed by atoms with Crippen LogP contribution in [0.5, 0.6) is 0 Å². The van der Waals surface area contributed by atoms with E-state index in [1.807, 2.05) is 0 Å². The van der Waals surface area contributed by atoms with E-state index >= 15 is 0 Å². The Kier molecular flexibility index (Phi) is 9.46. The van der Waals surface area contributed by atoms with E-state index in [0.717, 1.165) is 26.4 Å². The maximum atomic E-state index is 8.11. The molecule has 2 fully saturated rings. The van der Waals surface area contributed by atoms with Gasteiger partial charge < -0.3 is 24.4 Å². The van der Waals surface area contributed by atoms with E-state index in [9.17, 15) is 0 Å². The lowest BCUT2D eigenvalue weighted by Crippen LogP contribution is -2.06. The molecule has 2 saturated heterocycles. The van der Waals surface area contributed by atoms with Crippen molar-refractivity contribution in [3.8, 4) is 0 Å². The molecule has 0 bridgehead atoms. The fraction of sp³-hybridized carbons (Fsp3) is 0.818. The number of epoxide rings is 2. The van der Waals surface area contributed by atoms with E-state index in [0.29, 0.717) is 12.2 Å². The van der Waals surface area contributed by atoms with Gasteiger partial charge in [-0.1, -0.05) is 0 Å². The molecule has 2 aliphatic heterocycles. The van der Waals surface area contributed by atoms with Crippen molar-refractivity contribution in [1.29, 1.82) is 0 Å². The van der Waals surface area contributed by atoms with Crippen LogP contribution in [-0.4, -0.2) is 61.6 Å². The van der Waals surface area contributed by atoms with E-state index in [1.54, 1.807) is 0 Å². The first-order chi connectivity index (χ1) is 7.72. The molecule has 5 heteroatoms. The van der Waals surface area contributed by atoms with Crippen molar-refractivity contribution in [2.75, 3.05) is 33.0 Å². The summed E-state index contributed by atoms with van der Waals surface area (Å²) in [7, 11) is 0. The van der Waals surface area contributed by atoms with Gasteiger partial charge in [0, 0.05) is 0 Å². The average molecular weight is 234 g/mol. The zero-order valence-electron chi connectivity index (χ0n) is 9.80. The maximum absolute atomic E-state index is 8.11. The molecule has 2 heterocycles. The minimum atomic E-state index is -0.560. The predicted molar refractivity (Wildman–Crippen MR) is 60.3 cm³/mol. The molecule has 0 saturated carbocycles. The van der Waals surface area contributed by atoms with Crippen LogP contribution < -0.4 is 0 Å². The van der Waals surface area contributed by atoms with Crippen molar-refractivity contribution in [3.05, 3.63) is 13.2 Å². The summed E-state index contributed by atoms with van der Waals surface area (Å²) in [4.78, 5) is 0. The molecule has 0 aromatic heterocycles. The minimum Gasteiger partial charge on any atom is -0.394 e. The fourth-order valence-corrected chi connectivity index (χ4v) is 0.659. The predicted octanol–water partition coefficient (Wildman–Crippen LogP) is -0.0377. The Labute approximate surface area is 96.6 Å². The lowest BCUT2D eigenvalue weighted by atomic mass is 10.5. The SMILES string of the molecule is C(OCC1CO1)C1CO1.C=C.CC(O)CO. The van der Waals surface area contributed by atoms with Gasteiger partial charge in [-0.3, -0.25) is 0 Å². The lowest BCUT2D eigenvalue weighted by molar-refractivity contribution is 0.102. The van der Waals surface area contributed by atoms with Crippen LogP contribution in [0.25, 0.3) is 0 Å². The summed E-state index contributed by atoms with van der Waals surface area (Å²) in [5.41, 5.74) is 0. The van der Waals surface area contributed by atoms with Crippen LogP contribution in [0.3, 0.4) is 0 Å². The Bertz CT molecular complexity index is 142. The molecule has 2 rings (SSSR count). The quantitative estimate of drug-likeness (QED) is 0.516. The first-order valence-electron chi connectivity index (χ1n) is 5.32. The molecular weight excluding hydrogens is 212 g/mol. The molecule has 0 aromatic carbocycles. The number of rotatable bonds is 5. The summed E-state index contributed by atoms with van der Waals surface area (Å²) in [6.07, 6.45) is 0.225. The van der Waals surface area contributed by atoms with E-state index in [1.165, 1.54) is 6.92 Å². The molecular formula is C11H22O5. The lowest BCUT2D eigenvalue weighted by Gasteiger charge is -1.95. The summed E-state index contributed by atoms with van der Waals surface area (Å²) in [5, 5.41) is 16.0. The summed E-state index contributed by atoms with van der Waals surface area (Å²) in [6.45, 7) is 10.6. The fourth-order valence-electron chi connectivity index (χ4n) is 0.659. The first kappa shape index (κ1) is 15.5. The molecule has 2 aliphatic rings. The van der Waals surface area contributed by atoms with Crippen LogP contribution in [0.4, 0.5) is 0 Å². The number of aliphatic hydroxyl groups excluding tert-OH is 2. The molecule has 5 nitrogen and oxygen atoms in total. The number of aliphatic hydroxyl groups is 2. The van der Waals surface area contributed by atoms with Gasteiger partial charge >= 0.3 is 0 Å². The molecule has 3 unspecified atom stereocenters. The van der Waals surface area contributed by atoms with E-state index in [-0.39, 0.29) is 6.61 Å². The molecule has 96 valence electrons. The second kappa shape index (κ2) is 9.74. The molecule has 0 amide bonds. The van der Waals surface area contributed by atoms with Gasteiger partial charge in [-0.05, 0) is 6.92 Å². The third-order valence-electron chi connectivity index (χ3n) is 1.68. The highest BCUT2D eigenvalue weighted by Gasteiger charge is 2.26.